The second-order valence-electron chi connectivity index (χ2n) is 10.9. The van der Waals surface area contributed by atoms with Gasteiger partial charge in [-0.15, -0.1) is 11.3 Å². The van der Waals surface area contributed by atoms with Crippen LogP contribution >= 0.6 is 11.3 Å². The Bertz CT molecular complexity index is 1730. The zero-order valence-electron chi connectivity index (χ0n) is 23.0. The van der Waals surface area contributed by atoms with E-state index in [0.717, 1.165) is 40.7 Å². The second-order valence-corrected chi connectivity index (χ2v) is 11.8. The smallest absolute Gasteiger partial charge is 0.297 e. The van der Waals surface area contributed by atoms with Crippen LogP contribution in [0.5, 0.6) is 5.75 Å². The zero-order valence-corrected chi connectivity index (χ0v) is 23.8. The molecule has 0 N–H and O–H groups in total. The SMILES string of the molecule is COc1ccccc1-c1csc(=Nc2c(C)n(C)n(-c3ccccc3)c2=O)n1N=CC1=CCC2CC1C2(C)C. The lowest BCUT2D eigenvalue weighted by Gasteiger charge is -2.55. The molecule has 0 saturated heterocycles. The highest BCUT2D eigenvalue weighted by Gasteiger charge is 2.50. The summed E-state index contributed by atoms with van der Waals surface area (Å²) in [5, 5.41) is 7.02. The van der Waals surface area contributed by atoms with Gasteiger partial charge in [-0.1, -0.05) is 50.3 Å². The van der Waals surface area contributed by atoms with Gasteiger partial charge in [0.05, 0.1) is 30.4 Å². The van der Waals surface area contributed by atoms with E-state index >= 15 is 0 Å². The van der Waals surface area contributed by atoms with Crippen molar-refractivity contribution in [2.24, 2.45) is 34.4 Å². The van der Waals surface area contributed by atoms with Gasteiger partial charge < -0.3 is 4.74 Å². The molecule has 0 radical (unpaired) electrons. The largest absolute Gasteiger partial charge is 0.496 e. The Labute approximate surface area is 232 Å². The van der Waals surface area contributed by atoms with Gasteiger partial charge in [-0.05, 0) is 66.9 Å². The standard InChI is InChI=1S/C31H33N5O2S/c1-20-28(29(37)36(34(20)4)23-11-7-6-8-12-23)33-30-35(26(19-39-30)24-13-9-10-14-27(24)38-5)32-18-21-15-16-22-17-25(21)31(22,2)3/h6-15,18-19,22,25H,16-17H2,1-5H3. The highest BCUT2D eigenvalue weighted by molar-refractivity contribution is 7.07. The Morgan fingerprint density at radius 3 is 2.56 bits per heavy atom. The van der Waals surface area contributed by atoms with Crippen LogP contribution in [0.25, 0.3) is 16.9 Å². The summed E-state index contributed by atoms with van der Waals surface area (Å²) < 4.78 is 11.0. The van der Waals surface area contributed by atoms with Crippen molar-refractivity contribution in [1.29, 1.82) is 0 Å². The van der Waals surface area contributed by atoms with E-state index in [2.05, 4.69) is 19.9 Å². The van der Waals surface area contributed by atoms with Gasteiger partial charge in [0.25, 0.3) is 5.56 Å². The Kier molecular flexibility index (Phi) is 6.30. The summed E-state index contributed by atoms with van der Waals surface area (Å²) in [6.45, 7) is 6.65. The molecule has 2 heterocycles. The fourth-order valence-corrected chi connectivity index (χ4v) is 6.81. The first-order valence-electron chi connectivity index (χ1n) is 13.3. The maximum atomic E-state index is 13.6. The first-order chi connectivity index (χ1) is 18.8. The number of ether oxygens (including phenoxy) is 1. The monoisotopic (exact) mass is 539 g/mol. The van der Waals surface area contributed by atoms with E-state index in [9.17, 15) is 4.79 Å². The van der Waals surface area contributed by atoms with Crippen molar-refractivity contribution in [3.63, 3.8) is 0 Å². The van der Waals surface area contributed by atoms with Crippen LogP contribution in [0.4, 0.5) is 5.69 Å². The third-order valence-electron chi connectivity index (χ3n) is 8.63. The summed E-state index contributed by atoms with van der Waals surface area (Å²) in [5.41, 5.74) is 5.18. The highest BCUT2D eigenvalue weighted by atomic mass is 32.1. The molecule has 39 heavy (non-hydrogen) atoms. The average Bonchev–Trinajstić information content (AvgIpc) is 3.45. The minimum Gasteiger partial charge on any atom is -0.496 e. The maximum absolute atomic E-state index is 13.6. The molecule has 200 valence electrons. The number of benzene rings is 2. The molecular formula is C31H33N5O2S. The van der Waals surface area contributed by atoms with Crippen LogP contribution in [-0.4, -0.2) is 27.4 Å². The van der Waals surface area contributed by atoms with E-state index in [1.54, 1.807) is 11.8 Å². The number of para-hydroxylation sites is 2. The molecule has 2 aromatic carbocycles. The van der Waals surface area contributed by atoms with Gasteiger partial charge >= 0.3 is 0 Å². The van der Waals surface area contributed by atoms with Crippen molar-refractivity contribution in [3.8, 4) is 22.7 Å². The molecule has 7 nitrogen and oxygen atoms in total. The maximum Gasteiger partial charge on any atom is 0.297 e. The van der Waals surface area contributed by atoms with Crippen LogP contribution in [0.3, 0.4) is 0 Å². The predicted molar refractivity (Wildman–Crippen MR) is 157 cm³/mol. The Morgan fingerprint density at radius 2 is 1.85 bits per heavy atom. The van der Waals surface area contributed by atoms with Crippen molar-refractivity contribution < 1.29 is 4.74 Å². The average molecular weight is 540 g/mol. The van der Waals surface area contributed by atoms with Crippen LogP contribution < -0.4 is 15.1 Å². The van der Waals surface area contributed by atoms with Gasteiger partial charge in [0.1, 0.15) is 5.75 Å². The molecule has 1 saturated carbocycles. The topological polar surface area (TPSA) is 65.8 Å². The van der Waals surface area contributed by atoms with Crippen molar-refractivity contribution in [3.05, 3.63) is 92.5 Å². The summed E-state index contributed by atoms with van der Waals surface area (Å²) in [5.74, 6) is 2.03. The van der Waals surface area contributed by atoms with Gasteiger partial charge in [0, 0.05) is 18.0 Å². The Morgan fingerprint density at radius 1 is 1.10 bits per heavy atom. The third-order valence-corrected chi connectivity index (χ3v) is 9.45. The molecule has 0 amide bonds. The van der Waals surface area contributed by atoms with Gasteiger partial charge in [-0.2, -0.15) is 5.10 Å². The molecule has 3 aliphatic rings. The van der Waals surface area contributed by atoms with Crippen molar-refractivity contribution in [2.45, 2.75) is 33.6 Å². The quantitative estimate of drug-likeness (QED) is 0.279. The number of hydrogen-bond acceptors (Lipinski definition) is 5. The zero-order chi connectivity index (χ0) is 27.3. The molecular weight excluding hydrogens is 506 g/mol. The number of fused-ring (bicyclic) bond motifs is 1. The molecule has 2 unspecified atom stereocenters. The van der Waals surface area contributed by atoms with E-state index in [1.807, 2.05) is 89.5 Å². The van der Waals surface area contributed by atoms with E-state index in [4.69, 9.17) is 14.8 Å². The normalized spacial score (nSPS) is 20.2. The number of rotatable bonds is 6. The summed E-state index contributed by atoms with van der Waals surface area (Å²) in [6, 6.07) is 17.5. The number of methoxy groups -OCH3 is 1. The van der Waals surface area contributed by atoms with Crippen LogP contribution in [0.2, 0.25) is 0 Å². The molecule has 0 spiro atoms. The van der Waals surface area contributed by atoms with Gasteiger partial charge in [-0.3, -0.25) is 9.48 Å². The summed E-state index contributed by atoms with van der Waals surface area (Å²) in [7, 11) is 3.55. The summed E-state index contributed by atoms with van der Waals surface area (Å²) in [4.78, 5) is 19.2. The van der Waals surface area contributed by atoms with E-state index in [-0.39, 0.29) is 5.56 Å². The van der Waals surface area contributed by atoms with E-state index < -0.39 is 0 Å². The molecule has 2 atom stereocenters. The van der Waals surface area contributed by atoms with Crippen LogP contribution in [-0.2, 0) is 7.05 Å². The first-order valence-corrected chi connectivity index (χ1v) is 14.2. The lowest BCUT2D eigenvalue weighted by atomic mass is 9.49. The fraction of sp³-hybridized carbons (Fsp3) is 0.323. The molecule has 4 aromatic rings. The number of aromatic nitrogens is 3. The summed E-state index contributed by atoms with van der Waals surface area (Å²) in [6.07, 6.45) is 6.64. The minimum absolute atomic E-state index is 0.166. The van der Waals surface area contributed by atoms with Crippen molar-refractivity contribution in [2.75, 3.05) is 7.11 Å². The highest BCUT2D eigenvalue weighted by Crippen LogP contribution is 2.58. The van der Waals surface area contributed by atoms with Crippen LogP contribution in [0.1, 0.15) is 32.4 Å². The van der Waals surface area contributed by atoms with Crippen molar-refractivity contribution >= 4 is 23.2 Å². The molecule has 2 aromatic heterocycles. The second kappa shape index (κ2) is 9.68. The molecule has 1 fully saturated rings. The van der Waals surface area contributed by atoms with Crippen LogP contribution in [0, 0.1) is 24.2 Å². The van der Waals surface area contributed by atoms with E-state index in [1.165, 1.54) is 23.3 Å². The van der Waals surface area contributed by atoms with Gasteiger partial charge in [0.2, 0.25) is 4.80 Å². The first kappa shape index (κ1) is 25.4. The fourth-order valence-electron chi connectivity index (χ4n) is 5.98. The van der Waals surface area contributed by atoms with Gasteiger partial charge in [0.15, 0.2) is 5.69 Å². The number of hydrogen-bond donors (Lipinski definition) is 0. The van der Waals surface area contributed by atoms with Gasteiger partial charge in [-0.25, -0.2) is 14.4 Å². The molecule has 2 bridgehead atoms. The summed E-state index contributed by atoms with van der Waals surface area (Å²) >= 11 is 1.46. The number of allylic oxidation sites excluding steroid dienone is 2. The van der Waals surface area contributed by atoms with E-state index in [0.29, 0.717) is 21.8 Å². The Hall–Kier alpha value is -3.91. The lowest BCUT2D eigenvalue weighted by molar-refractivity contribution is -0.00126. The Balaban J connectivity index is 1.51. The lowest BCUT2D eigenvalue weighted by Crippen LogP contribution is -2.48. The number of nitrogens with zero attached hydrogens (tertiary/aromatic N) is 5. The third kappa shape index (κ3) is 4.14. The molecule has 7 rings (SSSR count). The predicted octanol–water partition coefficient (Wildman–Crippen LogP) is 6.08. The number of thiazole rings is 1. The molecule has 0 aliphatic heterocycles. The molecule has 8 heteroatoms. The van der Waals surface area contributed by atoms with Crippen LogP contribution in [0.15, 0.2) is 86.5 Å². The van der Waals surface area contributed by atoms with Crippen molar-refractivity contribution in [1.82, 2.24) is 14.0 Å². The molecule has 3 aliphatic carbocycles. The minimum atomic E-state index is -0.166.